The molecule has 0 aliphatic heterocycles. The van der Waals surface area contributed by atoms with Gasteiger partial charge in [-0.2, -0.15) is 0 Å². The molecule has 2 aromatic heterocycles. The Bertz CT molecular complexity index is 1170. The van der Waals surface area contributed by atoms with Gasteiger partial charge in [-0.05, 0) is 24.3 Å². The third kappa shape index (κ3) is 16.7. The average Bonchev–Trinajstić information content (AvgIpc) is 3.06. The minimum absolute atomic E-state index is 0.109. The smallest absolute Gasteiger partial charge is 0.356 e. The Morgan fingerprint density at radius 3 is 1.54 bits per heavy atom. The normalized spacial score (nSPS) is 11.2. The fourth-order valence-electron chi connectivity index (χ4n) is 4.12. The molecule has 15 nitrogen and oxygen atoms in total. The van der Waals surface area contributed by atoms with Crippen molar-refractivity contribution in [2.45, 2.75) is 26.4 Å². The van der Waals surface area contributed by atoms with Gasteiger partial charge < -0.3 is 28.4 Å². The van der Waals surface area contributed by atoms with Gasteiger partial charge in [0.2, 0.25) is 0 Å². The zero-order chi connectivity index (χ0) is 33.4. The molecule has 2 heterocycles. The van der Waals surface area contributed by atoms with E-state index < -0.39 is 11.9 Å². The van der Waals surface area contributed by atoms with Gasteiger partial charge in [0.05, 0.1) is 71.9 Å². The molecule has 0 saturated carbocycles. The lowest BCUT2D eigenvalue weighted by atomic mass is 10.3. The zero-order valence-corrected chi connectivity index (χ0v) is 26.9. The Hall–Kier alpha value is -3.57. The number of carbonyl (C=O) groups excluding carboxylic acids is 3. The van der Waals surface area contributed by atoms with Gasteiger partial charge in [-0.3, -0.25) is 19.9 Å². The minimum atomic E-state index is -0.510. The molecule has 2 rings (SSSR count). The molecule has 0 saturated heterocycles. The van der Waals surface area contributed by atoms with E-state index in [2.05, 4.69) is 19.8 Å². The molecular formula is C31H46N4O11. The summed E-state index contributed by atoms with van der Waals surface area (Å²) in [5.41, 5.74) is 1.85. The van der Waals surface area contributed by atoms with Gasteiger partial charge in [-0.25, -0.2) is 24.4 Å². The van der Waals surface area contributed by atoms with E-state index in [4.69, 9.17) is 33.7 Å². The van der Waals surface area contributed by atoms with Gasteiger partial charge in [0.25, 0.3) is 0 Å². The monoisotopic (exact) mass is 650 g/mol. The maximum absolute atomic E-state index is 11.9. The van der Waals surface area contributed by atoms with Gasteiger partial charge in [-0.15, -0.1) is 0 Å². The Labute approximate surface area is 269 Å². The number of rotatable bonds is 25. The average molecular weight is 651 g/mol. The van der Waals surface area contributed by atoms with Gasteiger partial charge in [0.15, 0.2) is 0 Å². The van der Waals surface area contributed by atoms with Crippen LogP contribution in [0, 0.1) is 0 Å². The van der Waals surface area contributed by atoms with Crippen LogP contribution in [0.3, 0.4) is 0 Å². The van der Waals surface area contributed by atoms with Crippen molar-refractivity contribution < 1.29 is 52.9 Å². The summed E-state index contributed by atoms with van der Waals surface area (Å²) in [6, 6.07) is 10.3. The summed E-state index contributed by atoms with van der Waals surface area (Å²) in [4.78, 5) is 51.7. The summed E-state index contributed by atoms with van der Waals surface area (Å²) in [5.74, 6) is -1.32. The van der Waals surface area contributed by atoms with Crippen molar-refractivity contribution in [3.05, 3.63) is 59.2 Å². The molecule has 1 N–H and O–H groups in total. The Balaban J connectivity index is 1.76. The van der Waals surface area contributed by atoms with Crippen molar-refractivity contribution in [2.75, 3.05) is 93.3 Å². The molecule has 0 aliphatic carbocycles. The van der Waals surface area contributed by atoms with Crippen LogP contribution in [0.5, 0.6) is 0 Å². The van der Waals surface area contributed by atoms with Crippen LogP contribution >= 0.6 is 0 Å². The van der Waals surface area contributed by atoms with Crippen LogP contribution in [0.15, 0.2) is 36.4 Å². The number of pyridine rings is 2. The summed E-state index contributed by atoms with van der Waals surface area (Å²) in [6.07, 6.45) is 0.609. The highest BCUT2D eigenvalue weighted by Gasteiger charge is 2.13. The maximum Gasteiger partial charge on any atom is 0.356 e. The SMILES string of the molecule is COC(=O)c1cccc(CN(CCOO)CCOCCOCCN(CCOCCCOC(C)=O)Cc2cccc(C(=O)OC)n2)n1. The molecule has 15 heteroatoms. The first-order valence-corrected chi connectivity index (χ1v) is 15.0. The van der Waals surface area contributed by atoms with E-state index >= 15 is 0 Å². The lowest BCUT2D eigenvalue weighted by molar-refractivity contribution is -0.244. The number of nitrogens with zero attached hydrogens (tertiary/aromatic N) is 4. The van der Waals surface area contributed by atoms with Crippen LogP contribution in [-0.4, -0.2) is 136 Å². The van der Waals surface area contributed by atoms with Crippen LogP contribution in [0.4, 0.5) is 0 Å². The van der Waals surface area contributed by atoms with Gasteiger partial charge in [0, 0.05) is 59.2 Å². The number of methoxy groups -OCH3 is 2. The van der Waals surface area contributed by atoms with E-state index in [1.54, 1.807) is 30.3 Å². The van der Waals surface area contributed by atoms with E-state index in [-0.39, 0.29) is 24.0 Å². The summed E-state index contributed by atoms with van der Waals surface area (Å²) in [5, 5.41) is 8.80. The van der Waals surface area contributed by atoms with Gasteiger partial charge in [0.1, 0.15) is 11.4 Å². The van der Waals surface area contributed by atoms with Crippen molar-refractivity contribution in [1.82, 2.24) is 19.8 Å². The molecule has 256 valence electrons. The first-order chi connectivity index (χ1) is 22.4. The minimum Gasteiger partial charge on any atom is -0.466 e. The Kier molecular flexibility index (Phi) is 19.9. The Morgan fingerprint density at radius 2 is 1.11 bits per heavy atom. The number of carbonyl (C=O) groups is 3. The van der Waals surface area contributed by atoms with E-state index in [1.165, 1.54) is 21.1 Å². The van der Waals surface area contributed by atoms with Crippen LogP contribution in [0.25, 0.3) is 0 Å². The lowest BCUT2D eigenvalue weighted by Crippen LogP contribution is -2.32. The number of hydrogen-bond donors (Lipinski definition) is 1. The molecule has 0 fully saturated rings. The molecule has 2 aromatic rings. The molecule has 0 amide bonds. The largest absolute Gasteiger partial charge is 0.466 e. The van der Waals surface area contributed by atoms with Gasteiger partial charge >= 0.3 is 17.9 Å². The Morgan fingerprint density at radius 1 is 0.652 bits per heavy atom. The summed E-state index contributed by atoms with van der Waals surface area (Å²) in [7, 11) is 2.62. The quantitative estimate of drug-likeness (QED) is 0.0543. The third-order valence-corrected chi connectivity index (χ3v) is 6.44. The molecule has 0 radical (unpaired) electrons. The highest BCUT2D eigenvalue weighted by molar-refractivity contribution is 5.87. The van der Waals surface area contributed by atoms with E-state index in [1.807, 2.05) is 11.0 Å². The molecule has 0 bridgehead atoms. The van der Waals surface area contributed by atoms with Crippen LogP contribution in [-0.2, 0) is 51.2 Å². The maximum atomic E-state index is 11.9. The fourth-order valence-corrected chi connectivity index (χ4v) is 4.12. The fraction of sp³-hybridized carbons (Fsp3) is 0.581. The molecule has 0 unspecified atom stereocenters. The van der Waals surface area contributed by atoms with Crippen molar-refractivity contribution in [2.24, 2.45) is 0 Å². The second-order valence-electron chi connectivity index (χ2n) is 9.93. The zero-order valence-electron chi connectivity index (χ0n) is 26.9. The third-order valence-electron chi connectivity index (χ3n) is 6.44. The summed E-state index contributed by atoms with van der Waals surface area (Å²) in [6.45, 7) is 7.41. The van der Waals surface area contributed by atoms with Crippen molar-refractivity contribution in [1.29, 1.82) is 0 Å². The second kappa shape index (κ2) is 23.7. The predicted octanol–water partition coefficient (Wildman–Crippen LogP) is 1.85. The number of esters is 3. The predicted molar refractivity (Wildman–Crippen MR) is 164 cm³/mol. The van der Waals surface area contributed by atoms with E-state index in [0.29, 0.717) is 103 Å². The van der Waals surface area contributed by atoms with Crippen molar-refractivity contribution in [3.63, 3.8) is 0 Å². The number of aromatic nitrogens is 2. The molecule has 46 heavy (non-hydrogen) atoms. The highest BCUT2D eigenvalue weighted by atomic mass is 17.1. The first kappa shape index (κ1) is 38.6. The molecular weight excluding hydrogens is 604 g/mol. The summed E-state index contributed by atoms with van der Waals surface area (Å²) < 4.78 is 31.7. The standard InChI is InChI=1S/C31H46N4O11/c1-25(36)45-16-6-15-42-17-11-34(23-26-7-4-9-28(32-26)30(37)40-2)12-18-43-21-22-44-19-13-35(14-20-46-39)24-27-8-5-10-29(33-27)31(38)41-3/h4-5,7-10,39H,6,11-24H2,1-3H3. The van der Waals surface area contributed by atoms with Crippen molar-refractivity contribution >= 4 is 17.9 Å². The van der Waals surface area contributed by atoms with Crippen LogP contribution in [0.2, 0.25) is 0 Å². The highest BCUT2D eigenvalue weighted by Crippen LogP contribution is 2.07. The summed E-state index contributed by atoms with van der Waals surface area (Å²) >= 11 is 0. The van der Waals surface area contributed by atoms with Crippen molar-refractivity contribution in [3.8, 4) is 0 Å². The molecule has 0 aromatic carbocycles. The lowest BCUT2D eigenvalue weighted by Gasteiger charge is -2.22. The second-order valence-corrected chi connectivity index (χ2v) is 9.93. The van der Waals surface area contributed by atoms with Crippen LogP contribution < -0.4 is 0 Å². The molecule has 0 aliphatic rings. The molecule has 0 atom stereocenters. The molecule has 0 spiro atoms. The first-order valence-electron chi connectivity index (χ1n) is 15.0. The van der Waals surface area contributed by atoms with E-state index in [0.717, 1.165) is 0 Å². The number of ether oxygens (including phenoxy) is 6. The topological polar surface area (TPSA) is 168 Å². The number of hydrogen-bond acceptors (Lipinski definition) is 15. The van der Waals surface area contributed by atoms with Gasteiger partial charge in [-0.1, -0.05) is 12.1 Å². The van der Waals surface area contributed by atoms with E-state index in [9.17, 15) is 14.4 Å². The van der Waals surface area contributed by atoms with Crippen LogP contribution in [0.1, 0.15) is 45.7 Å².